The Bertz CT molecular complexity index is 206. The first-order valence-electron chi connectivity index (χ1n) is 7.48. The summed E-state index contributed by atoms with van der Waals surface area (Å²) in [6, 6.07) is 1.62. The maximum atomic E-state index is 8.78. The molecule has 1 atom stereocenters. The molecule has 0 aromatic carbocycles. The molecule has 0 aromatic heterocycles. The van der Waals surface area contributed by atoms with Crippen LogP contribution in [-0.4, -0.2) is 48.3 Å². The third-order valence-corrected chi connectivity index (χ3v) is 4.07. The van der Waals surface area contributed by atoms with Gasteiger partial charge in [-0.1, -0.05) is 6.42 Å². The van der Waals surface area contributed by atoms with Crippen molar-refractivity contribution in [3.8, 4) is 0 Å². The SMILES string of the molecule is OCCCCCN1CCCCC1CNC1CC1. The van der Waals surface area contributed by atoms with Crippen LogP contribution in [0.3, 0.4) is 0 Å². The van der Waals surface area contributed by atoms with Gasteiger partial charge in [-0.15, -0.1) is 0 Å². The third kappa shape index (κ3) is 4.94. The summed E-state index contributed by atoms with van der Waals surface area (Å²) in [5, 5.41) is 12.5. The van der Waals surface area contributed by atoms with Gasteiger partial charge in [0.05, 0.1) is 0 Å². The highest BCUT2D eigenvalue weighted by molar-refractivity contribution is 4.85. The number of aliphatic hydroxyl groups is 1. The number of hydrogen-bond donors (Lipinski definition) is 2. The van der Waals surface area contributed by atoms with Crippen molar-refractivity contribution in [3.63, 3.8) is 0 Å². The molecule has 0 amide bonds. The Morgan fingerprint density at radius 2 is 1.94 bits per heavy atom. The molecule has 1 aliphatic carbocycles. The summed E-state index contributed by atoms with van der Waals surface area (Å²) in [5.41, 5.74) is 0. The van der Waals surface area contributed by atoms with Crippen LogP contribution in [0.2, 0.25) is 0 Å². The number of aliphatic hydroxyl groups excluding tert-OH is 1. The molecule has 0 aromatic rings. The van der Waals surface area contributed by atoms with Crippen LogP contribution >= 0.6 is 0 Å². The zero-order valence-electron chi connectivity index (χ0n) is 11.0. The molecule has 1 saturated carbocycles. The molecule has 17 heavy (non-hydrogen) atoms. The van der Waals surface area contributed by atoms with E-state index in [-0.39, 0.29) is 0 Å². The first kappa shape index (κ1) is 13.3. The van der Waals surface area contributed by atoms with Crippen LogP contribution in [0.15, 0.2) is 0 Å². The normalized spacial score (nSPS) is 26.3. The first-order chi connectivity index (χ1) is 8.40. The summed E-state index contributed by atoms with van der Waals surface area (Å²) >= 11 is 0. The van der Waals surface area contributed by atoms with Crippen LogP contribution in [0.5, 0.6) is 0 Å². The molecule has 2 N–H and O–H groups in total. The van der Waals surface area contributed by atoms with Crippen molar-refractivity contribution >= 4 is 0 Å². The topological polar surface area (TPSA) is 35.5 Å². The zero-order valence-corrected chi connectivity index (χ0v) is 11.0. The lowest BCUT2D eigenvalue weighted by molar-refractivity contribution is 0.141. The molecule has 1 unspecified atom stereocenters. The Hall–Kier alpha value is -0.120. The van der Waals surface area contributed by atoms with E-state index in [1.165, 1.54) is 64.6 Å². The standard InChI is InChI=1S/C14H28N2O/c17-11-5-1-3-9-16-10-4-2-6-14(16)12-15-13-7-8-13/h13-15,17H,1-12H2. The predicted molar refractivity (Wildman–Crippen MR) is 71.2 cm³/mol. The predicted octanol–water partition coefficient (Wildman–Crippen LogP) is 1.76. The van der Waals surface area contributed by atoms with Crippen molar-refractivity contribution in [2.75, 3.05) is 26.2 Å². The summed E-state index contributed by atoms with van der Waals surface area (Å²) in [5.74, 6) is 0. The van der Waals surface area contributed by atoms with Gasteiger partial charge in [-0.2, -0.15) is 0 Å². The summed E-state index contributed by atoms with van der Waals surface area (Å²) in [4.78, 5) is 2.68. The fourth-order valence-corrected chi connectivity index (χ4v) is 2.78. The lowest BCUT2D eigenvalue weighted by atomic mass is 10.0. The van der Waals surface area contributed by atoms with Gasteiger partial charge in [0, 0.05) is 25.2 Å². The minimum Gasteiger partial charge on any atom is -0.396 e. The fourth-order valence-electron chi connectivity index (χ4n) is 2.78. The van der Waals surface area contributed by atoms with Gasteiger partial charge >= 0.3 is 0 Å². The quantitative estimate of drug-likeness (QED) is 0.635. The van der Waals surface area contributed by atoms with Gasteiger partial charge in [0.2, 0.25) is 0 Å². The van der Waals surface area contributed by atoms with Crippen LogP contribution in [0.4, 0.5) is 0 Å². The number of nitrogens with one attached hydrogen (secondary N) is 1. The van der Waals surface area contributed by atoms with Gasteiger partial charge in [0.1, 0.15) is 0 Å². The van der Waals surface area contributed by atoms with E-state index < -0.39 is 0 Å². The van der Waals surface area contributed by atoms with E-state index in [1.807, 2.05) is 0 Å². The molecule has 3 heteroatoms. The van der Waals surface area contributed by atoms with E-state index in [4.69, 9.17) is 5.11 Å². The molecule has 2 rings (SSSR count). The minimum atomic E-state index is 0.354. The largest absolute Gasteiger partial charge is 0.396 e. The highest BCUT2D eigenvalue weighted by Gasteiger charge is 2.25. The maximum Gasteiger partial charge on any atom is 0.0431 e. The minimum absolute atomic E-state index is 0.354. The Labute approximate surface area is 106 Å². The molecule has 2 fully saturated rings. The number of nitrogens with zero attached hydrogens (tertiary/aromatic N) is 1. The average molecular weight is 240 g/mol. The van der Waals surface area contributed by atoms with Crippen molar-refractivity contribution in [1.82, 2.24) is 10.2 Å². The monoisotopic (exact) mass is 240 g/mol. The summed E-state index contributed by atoms with van der Waals surface area (Å²) in [6.45, 7) is 4.07. The highest BCUT2D eigenvalue weighted by Crippen LogP contribution is 2.21. The third-order valence-electron chi connectivity index (χ3n) is 4.07. The Kier molecular flexibility index (Phi) is 5.75. The summed E-state index contributed by atoms with van der Waals surface area (Å²) in [6.07, 6.45) is 10.3. The summed E-state index contributed by atoms with van der Waals surface area (Å²) in [7, 11) is 0. The lowest BCUT2D eigenvalue weighted by Gasteiger charge is -2.36. The number of likely N-dealkylation sites (tertiary alicyclic amines) is 1. The van der Waals surface area contributed by atoms with Gasteiger partial charge in [-0.25, -0.2) is 0 Å². The molecule has 1 heterocycles. The number of unbranched alkanes of at least 4 members (excludes halogenated alkanes) is 2. The molecule has 2 aliphatic rings. The van der Waals surface area contributed by atoms with Gasteiger partial charge in [-0.3, -0.25) is 4.90 Å². The lowest BCUT2D eigenvalue weighted by Crippen LogP contribution is -2.46. The molecular weight excluding hydrogens is 212 g/mol. The molecular formula is C14H28N2O. The van der Waals surface area contributed by atoms with Gasteiger partial charge in [0.25, 0.3) is 0 Å². The Balaban J connectivity index is 1.63. The second-order valence-corrected chi connectivity index (χ2v) is 5.65. The summed E-state index contributed by atoms with van der Waals surface area (Å²) < 4.78 is 0. The van der Waals surface area contributed by atoms with Crippen LogP contribution in [0.25, 0.3) is 0 Å². The number of piperidine rings is 1. The van der Waals surface area contributed by atoms with Gasteiger partial charge in [-0.05, 0) is 58.0 Å². The van der Waals surface area contributed by atoms with Crippen molar-refractivity contribution in [1.29, 1.82) is 0 Å². The fraction of sp³-hybridized carbons (Fsp3) is 1.00. The first-order valence-corrected chi connectivity index (χ1v) is 7.48. The van der Waals surface area contributed by atoms with Gasteiger partial charge in [0.15, 0.2) is 0 Å². The van der Waals surface area contributed by atoms with Crippen LogP contribution in [0.1, 0.15) is 51.4 Å². The zero-order chi connectivity index (χ0) is 11.9. The smallest absolute Gasteiger partial charge is 0.0431 e. The molecule has 1 saturated heterocycles. The van der Waals surface area contributed by atoms with Crippen molar-refractivity contribution in [2.45, 2.75) is 63.5 Å². The van der Waals surface area contributed by atoms with E-state index in [9.17, 15) is 0 Å². The molecule has 0 radical (unpaired) electrons. The van der Waals surface area contributed by atoms with Crippen LogP contribution < -0.4 is 5.32 Å². The van der Waals surface area contributed by atoms with Crippen LogP contribution in [-0.2, 0) is 0 Å². The van der Waals surface area contributed by atoms with Crippen LogP contribution in [0, 0.1) is 0 Å². The van der Waals surface area contributed by atoms with E-state index in [0.717, 1.165) is 18.5 Å². The molecule has 0 bridgehead atoms. The second-order valence-electron chi connectivity index (χ2n) is 5.65. The van der Waals surface area contributed by atoms with Crippen molar-refractivity contribution in [3.05, 3.63) is 0 Å². The van der Waals surface area contributed by atoms with Gasteiger partial charge < -0.3 is 10.4 Å². The molecule has 1 aliphatic heterocycles. The average Bonchev–Trinajstić information content (AvgIpc) is 3.17. The maximum absolute atomic E-state index is 8.78. The highest BCUT2D eigenvalue weighted by atomic mass is 16.2. The second kappa shape index (κ2) is 7.34. The molecule has 100 valence electrons. The molecule has 3 nitrogen and oxygen atoms in total. The Morgan fingerprint density at radius 1 is 1.06 bits per heavy atom. The van der Waals surface area contributed by atoms with E-state index in [0.29, 0.717) is 6.61 Å². The molecule has 0 spiro atoms. The Morgan fingerprint density at radius 3 is 2.71 bits per heavy atom. The van der Waals surface area contributed by atoms with Crippen molar-refractivity contribution < 1.29 is 5.11 Å². The van der Waals surface area contributed by atoms with Crippen molar-refractivity contribution in [2.24, 2.45) is 0 Å². The van der Waals surface area contributed by atoms with E-state index >= 15 is 0 Å². The van der Waals surface area contributed by atoms with E-state index in [2.05, 4.69) is 10.2 Å². The number of rotatable bonds is 8. The number of hydrogen-bond acceptors (Lipinski definition) is 3. The van der Waals surface area contributed by atoms with E-state index in [1.54, 1.807) is 0 Å².